The maximum atomic E-state index is 9.32. The normalized spacial score (nSPS) is 23.8. The first-order valence-corrected chi connectivity index (χ1v) is 9.46. The minimum atomic E-state index is -0.600. The number of hydrogen-bond donors (Lipinski definition) is 1. The topological polar surface area (TPSA) is 49.8 Å². The summed E-state index contributed by atoms with van der Waals surface area (Å²) in [6.07, 6.45) is 13.3. The van der Waals surface area contributed by atoms with Gasteiger partial charge in [0.25, 0.3) is 0 Å². The summed E-state index contributed by atoms with van der Waals surface area (Å²) in [4.78, 5) is 0. The monoisotopic (exact) mass is 312 g/mol. The molecular formula is C21H32N2. The lowest BCUT2D eigenvalue weighted by Gasteiger charge is -2.23. The Bertz CT molecular complexity index is 500. The number of nitrogens with two attached hydrogens (primary N) is 1. The average Bonchev–Trinajstić information content (AvgIpc) is 2.94. The van der Waals surface area contributed by atoms with E-state index in [9.17, 15) is 5.26 Å². The van der Waals surface area contributed by atoms with Crippen LogP contribution < -0.4 is 5.73 Å². The molecule has 2 nitrogen and oxygen atoms in total. The minimum Gasteiger partial charge on any atom is -0.313 e. The van der Waals surface area contributed by atoms with Crippen molar-refractivity contribution in [1.29, 1.82) is 5.26 Å². The molecule has 1 fully saturated rings. The van der Waals surface area contributed by atoms with Crippen LogP contribution in [0.25, 0.3) is 0 Å². The molecule has 2 rings (SSSR count). The van der Waals surface area contributed by atoms with Gasteiger partial charge in [-0.05, 0) is 49.1 Å². The predicted molar refractivity (Wildman–Crippen MR) is 97.1 cm³/mol. The first-order valence-electron chi connectivity index (χ1n) is 9.46. The van der Waals surface area contributed by atoms with E-state index in [1.807, 2.05) is 0 Å². The van der Waals surface area contributed by atoms with Crippen LogP contribution in [-0.2, 0) is 12.8 Å². The van der Waals surface area contributed by atoms with Crippen molar-refractivity contribution in [2.24, 2.45) is 11.7 Å². The highest BCUT2D eigenvalue weighted by Gasteiger charge is 2.39. The van der Waals surface area contributed by atoms with Crippen molar-refractivity contribution in [3.8, 4) is 6.07 Å². The van der Waals surface area contributed by atoms with Crippen LogP contribution in [0, 0.1) is 17.2 Å². The van der Waals surface area contributed by atoms with Crippen LogP contribution in [0.2, 0.25) is 0 Å². The number of aryl methyl sites for hydroxylation is 1. The van der Waals surface area contributed by atoms with Gasteiger partial charge in [0.05, 0.1) is 6.07 Å². The van der Waals surface area contributed by atoms with Gasteiger partial charge in [0.2, 0.25) is 0 Å². The molecule has 0 amide bonds. The Morgan fingerprint density at radius 2 is 1.74 bits per heavy atom. The first-order chi connectivity index (χ1) is 11.2. The largest absolute Gasteiger partial charge is 0.313 e. The van der Waals surface area contributed by atoms with E-state index in [1.165, 1.54) is 56.1 Å². The van der Waals surface area contributed by atoms with Crippen LogP contribution in [-0.4, -0.2) is 5.54 Å². The number of benzene rings is 1. The van der Waals surface area contributed by atoms with E-state index in [0.29, 0.717) is 5.92 Å². The van der Waals surface area contributed by atoms with Gasteiger partial charge >= 0.3 is 0 Å². The Labute approximate surface area is 142 Å². The lowest BCUT2D eigenvalue weighted by atomic mass is 9.84. The SMILES string of the molecule is CCCCCCCCc1ccc(CC2CCCC2(N)C#N)cc1. The van der Waals surface area contributed by atoms with E-state index in [2.05, 4.69) is 37.3 Å². The molecule has 0 bridgehead atoms. The number of nitriles is 1. The molecule has 2 atom stereocenters. The summed E-state index contributed by atoms with van der Waals surface area (Å²) in [6.45, 7) is 2.26. The molecule has 1 aromatic rings. The minimum absolute atomic E-state index is 0.317. The van der Waals surface area contributed by atoms with E-state index in [4.69, 9.17) is 5.73 Å². The summed E-state index contributed by atoms with van der Waals surface area (Å²) >= 11 is 0. The summed E-state index contributed by atoms with van der Waals surface area (Å²) in [5.74, 6) is 0.317. The summed E-state index contributed by atoms with van der Waals surface area (Å²) in [6, 6.07) is 11.4. The smallest absolute Gasteiger partial charge is 0.107 e. The fourth-order valence-electron chi connectivity index (χ4n) is 3.77. The Kier molecular flexibility index (Phi) is 7.12. The molecule has 0 aliphatic heterocycles. The van der Waals surface area contributed by atoms with Gasteiger partial charge in [0.1, 0.15) is 5.54 Å². The van der Waals surface area contributed by atoms with Crippen molar-refractivity contribution in [2.75, 3.05) is 0 Å². The molecule has 23 heavy (non-hydrogen) atoms. The zero-order valence-electron chi connectivity index (χ0n) is 14.7. The number of rotatable bonds is 9. The lowest BCUT2D eigenvalue weighted by molar-refractivity contribution is 0.395. The lowest BCUT2D eigenvalue weighted by Crippen LogP contribution is -2.42. The molecule has 0 heterocycles. The van der Waals surface area contributed by atoms with Crippen molar-refractivity contribution in [3.63, 3.8) is 0 Å². The summed E-state index contributed by atoms with van der Waals surface area (Å²) in [5.41, 5.74) is 8.40. The molecule has 126 valence electrons. The number of unbranched alkanes of at least 4 members (excludes halogenated alkanes) is 5. The van der Waals surface area contributed by atoms with Gasteiger partial charge in [-0.2, -0.15) is 5.26 Å². The molecule has 0 radical (unpaired) electrons. The molecule has 2 N–H and O–H groups in total. The van der Waals surface area contributed by atoms with Crippen LogP contribution in [0.15, 0.2) is 24.3 Å². The molecule has 2 unspecified atom stereocenters. The highest BCUT2D eigenvalue weighted by Crippen LogP contribution is 2.35. The third-order valence-electron chi connectivity index (χ3n) is 5.40. The number of hydrogen-bond acceptors (Lipinski definition) is 2. The van der Waals surface area contributed by atoms with Crippen LogP contribution >= 0.6 is 0 Å². The van der Waals surface area contributed by atoms with Crippen LogP contribution in [0.4, 0.5) is 0 Å². The van der Waals surface area contributed by atoms with Gasteiger partial charge in [0, 0.05) is 0 Å². The molecule has 1 aliphatic carbocycles. The van der Waals surface area contributed by atoms with Gasteiger partial charge in [-0.15, -0.1) is 0 Å². The quantitative estimate of drug-likeness (QED) is 0.641. The van der Waals surface area contributed by atoms with E-state index < -0.39 is 5.54 Å². The zero-order chi connectivity index (χ0) is 16.5. The molecule has 1 aromatic carbocycles. The average molecular weight is 313 g/mol. The van der Waals surface area contributed by atoms with Crippen molar-refractivity contribution in [1.82, 2.24) is 0 Å². The molecule has 1 saturated carbocycles. The Hall–Kier alpha value is -1.33. The van der Waals surface area contributed by atoms with Crippen molar-refractivity contribution >= 4 is 0 Å². The van der Waals surface area contributed by atoms with Crippen LogP contribution in [0.3, 0.4) is 0 Å². The maximum absolute atomic E-state index is 9.32. The van der Waals surface area contributed by atoms with Crippen LogP contribution in [0.1, 0.15) is 75.8 Å². The summed E-state index contributed by atoms with van der Waals surface area (Å²) < 4.78 is 0. The standard InChI is InChI=1S/C21H32N2/c1-2-3-4-5-6-7-9-18-11-13-19(14-12-18)16-20-10-8-15-21(20,23)17-22/h11-14,20H,2-10,15-16,23H2,1H3. The number of nitrogens with zero attached hydrogens (tertiary/aromatic N) is 1. The van der Waals surface area contributed by atoms with Crippen molar-refractivity contribution in [2.45, 2.75) is 83.1 Å². The second kappa shape index (κ2) is 9.08. The van der Waals surface area contributed by atoms with E-state index in [1.54, 1.807) is 0 Å². The predicted octanol–water partition coefficient (Wildman–Crippen LogP) is 5.15. The summed E-state index contributed by atoms with van der Waals surface area (Å²) in [7, 11) is 0. The highest BCUT2D eigenvalue weighted by atomic mass is 14.8. The third-order valence-corrected chi connectivity index (χ3v) is 5.40. The summed E-state index contributed by atoms with van der Waals surface area (Å²) in [5, 5.41) is 9.32. The second-order valence-electron chi connectivity index (χ2n) is 7.28. The molecule has 1 aliphatic rings. The van der Waals surface area contributed by atoms with Gasteiger partial charge < -0.3 is 5.73 Å². The maximum Gasteiger partial charge on any atom is 0.107 e. The van der Waals surface area contributed by atoms with E-state index >= 15 is 0 Å². The molecule has 0 aromatic heterocycles. The van der Waals surface area contributed by atoms with Gasteiger partial charge in [-0.25, -0.2) is 0 Å². The van der Waals surface area contributed by atoms with Crippen molar-refractivity contribution < 1.29 is 0 Å². The Morgan fingerprint density at radius 1 is 1.09 bits per heavy atom. The molecule has 0 spiro atoms. The highest BCUT2D eigenvalue weighted by molar-refractivity contribution is 5.25. The third kappa shape index (κ3) is 5.36. The van der Waals surface area contributed by atoms with Gasteiger partial charge in [-0.3, -0.25) is 0 Å². The van der Waals surface area contributed by atoms with Gasteiger partial charge in [0.15, 0.2) is 0 Å². The zero-order valence-corrected chi connectivity index (χ0v) is 14.7. The van der Waals surface area contributed by atoms with Gasteiger partial charge in [-0.1, -0.05) is 69.7 Å². The molecule has 2 heteroatoms. The Balaban J connectivity index is 1.75. The van der Waals surface area contributed by atoms with Crippen LogP contribution in [0.5, 0.6) is 0 Å². The van der Waals surface area contributed by atoms with Crippen molar-refractivity contribution in [3.05, 3.63) is 35.4 Å². The second-order valence-corrected chi connectivity index (χ2v) is 7.28. The first kappa shape index (κ1) is 18.0. The fourth-order valence-corrected chi connectivity index (χ4v) is 3.77. The van der Waals surface area contributed by atoms with E-state index in [0.717, 1.165) is 25.7 Å². The van der Waals surface area contributed by atoms with E-state index in [-0.39, 0.29) is 0 Å². The Morgan fingerprint density at radius 3 is 2.43 bits per heavy atom. The molecule has 0 saturated heterocycles. The fraction of sp³-hybridized carbons (Fsp3) is 0.667. The molecular weight excluding hydrogens is 280 g/mol.